The van der Waals surface area contributed by atoms with Crippen molar-refractivity contribution < 1.29 is 13.9 Å². The van der Waals surface area contributed by atoms with Gasteiger partial charge in [-0.25, -0.2) is 0 Å². The van der Waals surface area contributed by atoms with E-state index in [0.717, 1.165) is 12.8 Å². The lowest BCUT2D eigenvalue weighted by atomic mass is 10.1. The molecule has 1 heterocycles. The second-order valence-corrected chi connectivity index (χ2v) is 4.81. The molecule has 0 unspecified atom stereocenters. The molecule has 0 amide bonds. The molecule has 0 bridgehead atoms. The van der Waals surface area contributed by atoms with Gasteiger partial charge in [-0.15, -0.1) is 0 Å². The Kier molecular flexibility index (Phi) is 6.72. The minimum absolute atomic E-state index is 0.192. The van der Waals surface area contributed by atoms with Crippen molar-refractivity contribution in [3.8, 4) is 0 Å². The summed E-state index contributed by atoms with van der Waals surface area (Å²) in [5, 5.41) is 0. The largest absolute Gasteiger partial charge is 0.469 e. The molecule has 1 aromatic rings. The number of ether oxygens (including phenoxy) is 1. The Morgan fingerprint density at radius 1 is 1.32 bits per heavy atom. The van der Waals surface area contributed by atoms with Gasteiger partial charge in [0.1, 0.15) is 18.8 Å². The van der Waals surface area contributed by atoms with Crippen LogP contribution in [0.3, 0.4) is 0 Å². The van der Waals surface area contributed by atoms with Gasteiger partial charge in [0.15, 0.2) is 0 Å². The molecule has 0 spiro atoms. The Balaban J connectivity index is 2.21. The molecule has 3 nitrogen and oxygen atoms in total. The van der Waals surface area contributed by atoms with Gasteiger partial charge in [0.05, 0.1) is 6.26 Å². The lowest BCUT2D eigenvalue weighted by Gasteiger charge is -2.02. The summed E-state index contributed by atoms with van der Waals surface area (Å²) in [5.41, 5.74) is 2.57. The number of furan rings is 1. The molecule has 0 fully saturated rings. The van der Waals surface area contributed by atoms with Crippen molar-refractivity contribution in [3.05, 3.63) is 47.5 Å². The van der Waals surface area contributed by atoms with Crippen LogP contribution >= 0.6 is 0 Å². The van der Waals surface area contributed by atoms with E-state index in [2.05, 4.69) is 26.8 Å². The zero-order chi connectivity index (χ0) is 14.1. The Morgan fingerprint density at radius 3 is 2.74 bits per heavy atom. The second-order valence-electron chi connectivity index (χ2n) is 4.81. The molecular weight excluding hydrogens is 240 g/mol. The average molecular weight is 262 g/mol. The molecule has 0 N–H and O–H groups in total. The van der Waals surface area contributed by atoms with E-state index in [0.29, 0.717) is 12.4 Å². The van der Waals surface area contributed by atoms with E-state index in [1.165, 1.54) is 11.1 Å². The topological polar surface area (TPSA) is 39.4 Å². The van der Waals surface area contributed by atoms with Gasteiger partial charge in [0.25, 0.3) is 0 Å². The van der Waals surface area contributed by atoms with E-state index in [1.54, 1.807) is 18.4 Å². The minimum Gasteiger partial charge on any atom is -0.469 e. The predicted molar refractivity (Wildman–Crippen MR) is 75.8 cm³/mol. The average Bonchev–Trinajstić information content (AvgIpc) is 2.81. The van der Waals surface area contributed by atoms with Crippen LogP contribution in [0.15, 0.2) is 46.1 Å². The summed E-state index contributed by atoms with van der Waals surface area (Å²) in [4.78, 5) is 11.5. The van der Waals surface area contributed by atoms with Crippen LogP contribution in [0.4, 0.5) is 0 Å². The summed E-state index contributed by atoms with van der Waals surface area (Å²) in [5.74, 6) is 0.373. The summed E-state index contributed by atoms with van der Waals surface area (Å²) in [6.45, 7) is 6.57. The van der Waals surface area contributed by atoms with Gasteiger partial charge in [0.2, 0.25) is 0 Å². The van der Waals surface area contributed by atoms with Gasteiger partial charge in [0, 0.05) is 0 Å². The summed E-state index contributed by atoms with van der Waals surface area (Å²) in [6.07, 6.45) is 7.94. The Bertz CT molecular complexity index is 435. The van der Waals surface area contributed by atoms with Crippen LogP contribution in [0.5, 0.6) is 0 Å². The maximum Gasteiger partial charge on any atom is 0.313 e. The molecule has 0 atom stereocenters. The molecule has 19 heavy (non-hydrogen) atoms. The molecule has 0 aromatic carbocycles. The summed E-state index contributed by atoms with van der Waals surface area (Å²) in [6, 6.07) is 3.53. The zero-order valence-electron chi connectivity index (χ0n) is 11.9. The SMILES string of the molecule is CC(C)=CCC/C(C)=C/COC(=O)Cc1ccco1. The number of hydrogen-bond donors (Lipinski definition) is 0. The highest BCUT2D eigenvalue weighted by Gasteiger charge is 2.05. The van der Waals surface area contributed by atoms with Crippen molar-refractivity contribution in [3.63, 3.8) is 0 Å². The van der Waals surface area contributed by atoms with Gasteiger partial charge >= 0.3 is 5.97 Å². The standard InChI is InChI=1S/C16H22O3/c1-13(2)6-4-7-14(3)9-11-19-16(17)12-15-8-5-10-18-15/h5-6,8-10H,4,7,11-12H2,1-3H3/b14-9+. The maximum atomic E-state index is 11.5. The number of allylic oxidation sites excluding steroid dienone is 3. The fourth-order valence-corrected chi connectivity index (χ4v) is 1.57. The van der Waals surface area contributed by atoms with Crippen LogP contribution in [-0.2, 0) is 16.0 Å². The first-order valence-corrected chi connectivity index (χ1v) is 6.55. The van der Waals surface area contributed by atoms with Crippen molar-refractivity contribution >= 4 is 5.97 Å². The molecule has 1 aromatic heterocycles. The van der Waals surface area contributed by atoms with E-state index in [4.69, 9.17) is 9.15 Å². The summed E-state index contributed by atoms with van der Waals surface area (Å²) >= 11 is 0. The van der Waals surface area contributed by atoms with Crippen molar-refractivity contribution in [1.29, 1.82) is 0 Å². The first kappa shape index (κ1) is 15.3. The zero-order valence-corrected chi connectivity index (χ0v) is 11.9. The normalized spacial score (nSPS) is 11.2. The van der Waals surface area contributed by atoms with Crippen LogP contribution in [0, 0.1) is 0 Å². The smallest absolute Gasteiger partial charge is 0.313 e. The van der Waals surface area contributed by atoms with Gasteiger partial charge < -0.3 is 9.15 Å². The van der Waals surface area contributed by atoms with E-state index in [9.17, 15) is 4.79 Å². The van der Waals surface area contributed by atoms with Gasteiger partial charge in [-0.3, -0.25) is 4.79 Å². The fraction of sp³-hybridized carbons (Fsp3) is 0.438. The fourth-order valence-electron chi connectivity index (χ4n) is 1.57. The van der Waals surface area contributed by atoms with E-state index in [-0.39, 0.29) is 12.4 Å². The first-order valence-electron chi connectivity index (χ1n) is 6.55. The van der Waals surface area contributed by atoms with Crippen LogP contribution in [0.1, 0.15) is 39.4 Å². The van der Waals surface area contributed by atoms with Crippen LogP contribution < -0.4 is 0 Å². The number of carbonyl (C=O) groups excluding carboxylic acids is 1. The maximum absolute atomic E-state index is 11.5. The summed E-state index contributed by atoms with van der Waals surface area (Å²) in [7, 11) is 0. The van der Waals surface area contributed by atoms with E-state index >= 15 is 0 Å². The van der Waals surface area contributed by atoms with Crippen molar-refractivity contribution in [1.82, 2.24) is 0 Å². The first-order chi connectivity index (χ1) is 9.08. The van der Waals surface area contributed by atoms with Gasteiger partial charge in [-0.05, 0) is 51.8 Å². The lowest BCUT2D eigenvalue weighted by Crippen LogP contribution is -2.07. The summed E-state index contributed by atoms with van der Waals surface area (Å²) < 4.78 is 10.2. The van der Waals surface area contributed by atoms with Gasteiger partial charge in [-0.2, -0.15) is 0 Å². The molecule has 0 saturated heterocycles. The molecule has 0 saturated carbocycles. The third kappa shape index (κ3) is 7.29. The second kappa shape index (κ2) is 8.35. The molecule has 3 heteroatoms. The highest BCUT2D eigenvalue weighted by Crippen LogP contribution is 2.07. The third-order valence-corrected chi connectivity index (χ3v) is 2.67. The number of rotatable bonds is 7. The molecule has 0 aliphatic carbocycles. The Hall–Kier alpha value is -1.77. The van der Waals surface area contributed by atoms with Crippen molar-refractivity contribution in [2.45, 2.75) is 40.0 Å². The molecule has 104 valence electrons. The highest BCUT2D eigenvalue weighted by molar-refractivity contribution is 5.71. The van der Waals surface area contributed by atoms with Crippen LogP contribution in [-0.4, -0.2) is 12.6 Å². The molecule has 0 aliphatic heterocycles. The number of esters is 1. The minimum atomic E-state index is -0.261. The van der Waals surface area contributed by atoms with E-state index in [1.807, 2.05) is 6.08 Å². The van der Waals surface area contributed by atoms with E-state index < -0.39 is 0 Å². The van der Waals surface area contributed by atoms with Crippen molar-refractivity contribution in [2.24, 2.45) is 0 Å². The Labute approximate surface area is 115 Å². The number of hydrogen-bond acceptors (Lipinski definition) is 3. The Morgan fingerprint density at radius 2 is 2.11 bits per heavy atom. The molecule has 0 aliphatic rings. The predicted octanol–water partition coefficient (Wildman–Crippen LogP) is 4.06. The lowest BCUT2D eigenvalue weighted by molar-refractivity contribution is -0.141. The third-order valence-electron chi connectivity index (χ3n) is 2.67. The van der Waals surface area contributed by atoms with Crippen LogP contribution in [0.2, 0.25) is 0 Å². The van der Waals surface area contributed by atoms with Gasteiger partial charge in [-0.1, -0.05) is 17.2 Å². The highest BCUT2D eigenvalue weighted by atomic mass is 16.5. The molecule has 0 radical (unpaired) electrons. The van der Waals surface area contributed by atoms with Crippen molar-refractivity contribution in [2.75, 3.05) is 6.61 Å². The molecular formula is C16H22O3. The number of carbonyl (C=O) groups is 1. The van der Waals surface area contributed by atoms with Crippen LogP contribution in [0.25, 0.3) is 0 Å². The molecule has 1 rings (SSSR count). The quantitative estimate of drug-likeness (QED) is 0.549. The monoisotopic (exact) mass is 262 g/mol.